The van der Waals surface area contributed by atoms with Crippen molar-refractivity contribution in [3.05, 3.63) is 57.8 Å². The zero-order valence-electron chi connectivity index (χ0n) is 10.7. The summed E-state index contributed by atoms with van der Waals surface area (Å²) in [5, 5.41) is 8.82. The molecule has 0 N–H and O–H groups in total. The monoisotopic (exact) mass is 335 g/mol. The van der Waals surface area contributed by atoms with E-state index in [1.54, 1.807) is 24.3 Å². The lowest BCUT2D eigenvalue weighted by molar-refractivity contribution is 0.284. The minimum atomic E-state index is -0.329. The van der Waals surface area contributed by atoms with Crippen LogP contribution in [0.3, 0.4) is 0 Å². The summed E-state index contributed by atoms with van der Waals surface area (Å²) in [5.74, 6) is 0.649. The van der Waals surface area contributed by atoms with Crippen LogP contribution < -0.4 is 9.47 Å². The zero-order valence-corrected chi connectivity index (χ0v) is 12.3. The van der Waals surface area contributed by atoms with Gasteiger partial charge in [-0.25, -0.2) is 4.39 Å². The summed E-state index contributed by atoms with van der Waals surface area (Å²) in [5.41, 5.74) is 1.19. The Balaban J connectivity index is 2.16. The van der Waals surface area contributed by atoms with Crippen LogP contribution >= 0.6 is 15.9 Å². The predicted molar refractivity (Wildman–Crippen MR) is 76.1 cm³/mol. The molecule has 20 heavy (non-hydrogen) atoms. The van der Waals surface area contributed by atoms with E-state index in [9.17, 15) is 4.39 Å². The number of benzene rings is 2. The number of methoxy groups -OCH3 is 1. The highest BCUT2D eigenvalue weighted by Gasteiger charge is 2.07. The smallest absolute Gasteiger partial charge is 0.162 e. The van der Waals surface area contributed by atoms with E-state index in [-0.39, 0.29) is 12.4 Å². The maximum absolute atomic E-state index is 13.3. The molecule has 2 aromatic rings. The van der Waals surface area contributed by atoms with E-state index >= 15 is 0 Å². The lowest BCUT2D eigenvalue weighted by atomic mass is 10.2. The predicted octanol–water partition coefficient (Wildman–Crippen LogP) is 4.05. The minimum absolute atomic E-state index is 0.207. The van der Waals surface area contributed by atoms with E-state index in [1.807, 2.05) is 6.07 Å². The standard InChI is InChI=1S/C15H11BrFNO2/c1-19-15-6-10(8-18)2-3-14(15)20-9-11-4-12(16)7-13(17)5-11/h2-7H,9H2,1H3. The molecule has 2 aromatic carbocycles. The molecular formula is C15H11BrFNO2. The van der Waals surface area contributed by atoms with Gasteiger partial charge in [0.1, 0.15) is 12.4 Å². The summed E-state index contributed by atoms with van der Waals surface area (Å²) >= 11 is 3.23. The van der Waals surface area contributed by atoms with E-state index in [1.165, 1.54) is 19.2 Å². The molecular weight excluding hydrogens is 325 g/mol. The quantitative estimate of drug-likeness (QED) is 0.846. The van der Waals surface area contributed by atoms with Gasteiger partial charge in [0.15, 0.2) is 11.5 Å². The molecule has 0 saturated heterocycles. The number of halogens is 2. The second-order valence-electron chi connectivity index (χ2n) is 4.04. The van der Waals surface area contributed by atoms with Gasteiger partial charge in [-0.1, -0.05) is 15.9 Å². The fourth-order valence-electron chi connectivity index (χ4n) is 1.71. The SMILES string of the molecule is COc1cc(C#N)ccc1OCc1cc(F)cc(Br)c1. The number of hydrogen-bond acceptors (Lipinski definition) is 3. The number of nitrogens with zero attached hydrogens (tertiary/aromatic N) is 1. The van der Waals surface area contributed by atoms with Crippen molar-refractivity contribution in [3.63, 3.8) is 0 Å². The first kappa shape index (κ1) is 14.4. The van der Waals surface area contributed by atoms with Crippen molar-refractivity contribution in [1.29, 1.82) is 5.26 Å². The Kier molecular flexibility index (Phi) is 4.59. The third-order valence-electron chi connectivity index (χ3n) is 2.61. The second kappa shape index (κ2) is 6.40. The lowest BCUT2D eigenvalue weighted by Crippen LogP contribution is -1.98. The zero-order chi connectivity index (χ0) is 14.5. The van der Waals surface area contributed by atoms with E-state index in [4.69, 9.17) is 14.7 Å². The molecule has 0 aliphatic heterocycles. The van der Waals surface area contributed by atoms with Crippen molar-refractivity contribution in [3.8, 4) is 17.6 Å². The highest BCUT2D eigenvalue weighted by molar-refractivity contribution is 9.10. The molecule has 3 nitrogen and oxygen atoms in total. The number of nitriles is 1. The molecule has 0 atom stereocenters. The van der Waals surface area contributed by atoms with Crippen LogP contribution in [0.2, 0.25) is 0 Å². The van der Waals surface area contributed by atoms with Crippen molar-refractivity contribution < 1.29 is 13.9 Å². The van der Waals surface area contributed by atoms with Crippen LogP contribution in [0.1, 0.15) is 11.1 Å². The Labute approximate surface area is 124 Å². The van der Waals surface area contributed by atoms with Crippen molar-refractivity contribution in [2.24, 2.45) is 0 Å². The Morgan fingerprint density at radius 1 is 1.20 bits per heavy atom. The van der Waals surface area contributed by atoms with Gasteiger partial charge >= 0.3 is 0 Å². The molecule has 0 fully saturated rings. The van der Waals surface area contributed by atoms with Gasteiger partial charge in [0.2, 0.25) is 0 Å². The fourth-order valence-corrected chi connectivity index (χ4v) is 2.22. The van der Waals surface area contributed by atoms with Crippen LogP contribution in [0.25, 0.3) is 0 Å². The molecule has 0 saturated carbocycles. The minimum Gasteiger partial charge on any atom is -0.493 e. The summed E-state index contributed by atoms with van der Waals surface area (Å²) in [6.07, 6.45) is 0. The first-order valence-corrected chi connectivity index (χ1v) is 6.57. The normalized spacial score (nSPS) is 9.90. The summed E-state index contributed by atoms with van der Waals surface area (Å²) in [7, 11) is 1.50. The highest BCUT2D eigenvalue weighted by atomic mass is 79.9. The molecule has 0 radical (unpaired) electrons. The second-order valence-corrected chi connectivity index (χ2v) is 4.96. The summed E-state index contributed by atoms with van der Waals surface area (Å²) in [6.45, 7) is 0.207. The molecule has 2 rings (SSSR count). The molecule has 0 spiro atoms. The Morgan fingerprint density at radius 3 is 2.65 bits per heavy atom. The Bertz CT molecular complexity index is 647. The van der Waals surface area contributed by atoms with Crippen LogP contribution in [0.15, 0.2) is 40.9 Å². The highest BCUT2D eigenvalue weighted by Crippen LogP contribution is 2.28. The topological polar surface area (TPSA) is 42.2 Å². The molecule has 0 heterocycles. The van der Waals surface area contributed by atoms with Gasteiger partial charge in [-0.05, 0) is 35.9 Å². The van der Waals surface area contributed by atoms with Gasteiger partial charge in [0.25, 0.3) is 0 Å². The Hall–Kier alpha value is -2.06. The van der Waals surface area contributed by atoms with Crippen molar-refractivity contribution in [1.82, 2.24) is 0 Å². The van der Waals surface area contributed by atoms with Gasteiger partial charge in [-0.3, -0.25) is 0 Å². The van der Waals surface area contributed by atoms with Gasteiger partial charge < -0.3 is 9.47 Å². The molecule has 0 aromatic heterocycles. The molecule has 0 unspecified atom stereocenters. The number of rotatable bonds is 4. The van der Waals surface area contributed by atoms with Crippen molar-refractivity contribution in [2.75, 3.05) is 7.11 Å². The van der Waals surface area contributed by atoms with E-state index < -0.39 is 0 Å². The van der Waals surface area contributed by atoms with Crippen molar-refractivity contribution >= 4 is 15.9 Å². The fraction of sp³-hybridized carbons (Fsp3) is 0.133. The lowest BCUT2D eigenvalue weighted by Gasteiger charge is -2.11. The third-order valence-corrected chi connectivity index (χ3v) is 3.07. The molecule has 0 aliphatic rings. The van der Waals surface area contributed by atoms with Gasteiger partial charge in [-0.15, -0.1) is 0 Å². The van der Waals surface area contributed by atoms with Crippen LogP contribution in [-0.2, 0) is 6.61 Å². The van der Waals surface area contributed by atoms with E-state index in [0.717, 1.165) is 0 Å². The van der Waals surface area contributed by atoms with E-state index in [2.05, 4.69) is 15.9 Å². The largest absolute Gasteiger partial charge is 0.493 e. The van der Waals surface area contributed by atoms with Crippen LogP contribution in [0, 0.1) is 17.1 Å². The summed E-state index contributed by atoms with van der Waals surface area (Å²) < 4.78 is 24.7. The molecule has 0 amide bonds. The molecule has 0 aliphatic carbocycles. The average molecular weight is 336 g/mol. The van der Waals surface area contributed by atoms with E-state index in [0.29, 0.717) is 27.1 Å². The van der Waals surface area contributed by atoms with Crippen LogP contribution in [0.4, 0.5) is 4.39 Å². The molecule has 0 bridgehead atoms. The first-order chi connectivity index (χ1) is 9.62. The number of hydrogen-bond donors (Lipinski definition) is 0. The third kappa shape index (κ3) is 3.49. The van der Waals surface area contributed by atoms with Gasteiger partial charge in [0.05, 0.1) is 18.7 Å². The van der Waals surface area contributed by atoms with Gasteiger partial charge in [-0.2, -0.15) is 5.26 Å². The molecule has 102 valence electrons. The average Bonchev–Trinajstić information content (AvgIpc) is 2.44. The van der Waals surface area contributed by atoms with Crippen LogP contribution in [-0.4, -0.2) is 7.11 Å². The maximum Gasteiger partial charge on any atom is 0.162 e. The van der Waals surface area contributed by atoms with Gasteiger partial charge in [0, 0.05) is 10.5 Å². The Morgan fingerprint density at radius 2 is 2.00 bits per heavy atom. The maximum atomic E-state index is 13.3. The molecule has 5 heteroatoms. The number of ether oxygens (including phenoxy) is 2. The first-order valence-electron chi connectivity index (χ1n) is 5.78. The summed E-state index contributed by atoms with van der Waals surface area (Å²) in [4.78, 5) is 0. The van der Waals surface area contributed by atoms with Crippen LogP contribution in [0.5, 0.6) is 11.5 Å². The summed E-state index contributed by atoms with van der Waals surface area (Å²) in [6, 6.07) is 11.5. The van der Waals surface area contributed by atoms with Crippen molar-refractivity contribution in [2.45, 2.75) is 6.61 Å².